The number of aliphatic hydroxyl groups is 1. The first kappa shape index (κ1) is 13.2. The Morgan fingerprint density at radius 1 is 1.19 bits per heavy atom. The number of hydrogen-bond donors (Lipinski definition) is 2. The minimum absolute atomic E-state index is 0.127. The summed E-state index contributed by atoms with van der Waals surface area (Å²) in [4.78, 5) is 2.19. The van der Waals surface area contributed by atoms with E-state index < -0.39 is 0 Å². The SMILES string of the molecule is C[C@H](N)CN(Cc1ccccc1)C[C@@H](C)O. The number of aliphatic hydroxyl groups excluding tert-OH is 1. The first-order valence-electron chi connectivity index (χ1n) is 5.78. The lowest BCUT2D eigenvalue weighted by Gasteiger charge is -2.25. The molecular weight excluding hydrogens is 200 g/mol. The first-order valence-corrected chi connectivity index (χ1v) is 5.78. The Hall–Kier alpha value is -0.900. The third kappa shape index (κ3) is 5.26. The van der Waals surface area contributed by atoms with Crippen molar-refractivity contribution in [3.63, 3.8) is 0 Å². The highest BCUT2D eigenvalue weighted by Gasteiger charge is 2.10. The van der Waals surface area contributed by atoms with Gasteiger partial charge in [0.2, 0.25) is 0 Å². The molecule has 2 atom stereocenters. The topological polar surface area (TPSA) is 49.5 Å². The second-order valence-electron chi connectivity index (χ2n) is 4.51. The van der Waals surface area contributed by atoms with Crippen molar-refractivity contribution in [2.45, 2.75) is 32.5 Å². The van der Waals surface area contributed by atoms with Crippen LogP contribution in [0.15, 0.2) is 30.3 Å². The van der Waals surface area contributed by atoms with E-state index in [0.29, 0.717) is 6.54 Å². The highest BCUT2D eigenvalue weighted by Crippen LogP contribution is 2.05. The molecule has 0 radical (unpaired) electrons. The summed E-state index contributed by atoms with van der Waals surface area (Å²) in [5, 5.41) is 9.43. The molecule has 0 aliphatic carbocycles. The van der Waals surface area contributed by atoms with Crippen LogP contribution in [0.25, 0.3) is 0 Å². The van der Waals surface area contributed by atoms with Crippen molar-refractivity contribution in [3.05, 3.63) is 35.9 Å². The predicted molar refractivity (Wildman–Crippen MR) is 67.0 cm³/mol. The molecule has 90 valence electrons. The van der Waals surface area contributed by atoms with E-state index in [1.807, 2.05) is 25.1 Å². The largest absolute Gasteiger partial charge is 0.392 e. The lowest BCUT2D eigenvalue weighted by molar-refractivity contribution is 0.119. The fourth-order valence-corrected chi connectivity index (χ4v) is 1.83. The van der Waals surface area contributed by atoms with E-state index in [1.165, 1.54) is 5.56 Å². The summed E-state index contributed by atoms with van der Waals surface area (Å²) in [5.74, 6) is 0. The maximum Gasteiger partial charge on any atom is 0.0639 e. The minimum Gasteiger partial charge on any atom is -0.392 e. The number of nitrogens with zero attached hydrogens (tertiary/aromatic N) is 1. The van der Waals surface area contributed by atoms with E-state index in [2.05, 4.69) is 17.0 Å². The lowest BCUT2D eigenvalue weighted by atomic mass is 10.2. The predicted octanol–water partition coefficient (Wildman–Crippen LogP) is 1.22. The molecular formula is C13H22N2O. The maximum absolute atomic E-state index is 9.43. The van der Waals surface area contributed by atoms with Crippen LogP contribution in [-0.2, 0) is 6.54 Å². The Labute approximate surface area is 97.9 Å². The molecule has 0 spiro atoms. The molecule has 1 aromatic carbocycles. The second kappa shape index (κ2) is 6.63. The van der Waals surface area contributed by atoms with Gasteiger partial charge in [-0.15, -0.1) is 0 Å². The molecule has 0 aliphatic rings. The van der Waals surface area contributed by atoms with Crippen molar-refractivity contribution in [2.75, 3.05) is 13.1 Å². The summed E-state index contributed by atoms with van der Waals surface area (Å²) in [6.45, 7) is 6.10. The zero-order valence-corrected chi connectivity index (χ0v) is 10.1. The Kier molecular flexibility index (Phi) is 5.46. The summed E-state index contributed by atoms with van der Waals surface area (Å²) in [5.41, 5.74) is 7.05. The zero-order chi connectivity index (χ0) is 12.0. The van der Waals surface area contributed by atoms with Crippen molar-refractivity contribution in [1.29, 1.82) is 0 Å². The second-order valence-corrected chi connectivity index (χ2v) is 4.51. The summed E-state index contributed by atoms with van der Waals surface area (Å²) in [6.07, 6.45) is -0.317. The highest BCUT2D eigenvalue weighted by molar-refractivity contribution is 5.14. The van der Waals surface area contributed by atoms with E-state index in [1.54, 1.807) is 6.92 Å². The van der Waals surface area contributed by atoms with Gasteiger partial charge >= 0.3 is 0 Å². The van der Waals surface area contributed by atoms with Crippen LogP contribution < -0.4 is 5.73 Å². The molecule has 16 heavy (non-hydrogen) atoms. The molecule has 0 heterocycles. The fraction of sp³-hybridized carbons (Fsp3) is 0.538. The minimum atomic E-state index is -0.317. The van der Waals surface area contributed by atoms with Crippen LogP contribution in [0.1, 0.15) is 19.4 Å². The number of rotatable bonds is 6. The van der Waals surface area contributed by atoms with Gasteiger partial charge in [0, 0.05) is 25.7 Å². The van der Waals surface area contributed by atoms with Crippen LogP contribution in [0.3, 0.4) is 0 Å². The average Bonchev–Trinajstić information content (AvgIpc) is 2.16. The van der Waals surface area contributed by atoms with Gasteiger partial charge in [-0.2, -0.15) is 0 Å². The zero-order valence-electron chi connectivity index (χ0n) is 10.1. The molecule has 0 aliphatic heterocycles. The summed E-state index contributed by atoms with van der Waals surface area (Å²) < 4.78 is 0. The molecule has 3 N–H and O–H groups in total. The smallest absolute Gasteiger partial charge is 0.0639 e. The Balaban J connectivity index is 2.56. The molecule has 0 amide bonds. The van der Waals surface area contributed by atoms with Crippen LogP contribution in [-0.4, -0.2) is 35.2 Å². The monoisotopic (exact) mass is 222 g/mol. The van der Waals surface area contributed by atoms with E-state index in [9.17, 15) is 5.11 Å². The summed E-state index contributed by atoms with van der Waals surface area (Å²) in [7, 11) is 0. The molecule has 0 fully saturated rings. The molecule has 3 heteroatoms. The van der Waals surface area contributed by atoms with E-state index in [4.69, 9.17) is 5.73 Å². The lowest BCUT2D eigenvalue weighted by Crippen LogP contribution is -2.38. The van der Waals surface area contributed by atoms with Crippen molar-refractivity contribution < 1.29 is 5.11 Å². The summed E-state index contributed by atoms with van der Waals surface area (Å²) in [6, 6.07) is 10.4. The number of nitrogens with two attached hydrogens (primary N) is 1. The van der Waals surface area contributed by atoms with Gasteiger partial charge in [-0.1, -0.05) is 30.3 Å². The van der Waals surface area contributed by atoms with Crippen LogP contribution >= 0.6 is 0 Å². The van der Waals surface area contributed by atoms with Gasteiger partial charge in [-0.05, 0) is 19.4 Å². The van der Waals surface area contributed by atoms with Crippen molar-refractivity contribution in [1.82, 2.24) is 4.90 Å². The molecule has 0 bridgehead atoms. The standard InChI is InChI=1S/C13H22N2O/c1-11(14)8-15(9-12(2)16)10-13-6-4-3-5-7-13/h3-7,11-12,16H,8-10,14H2,1-2H3/t11-,12+/m0/s1. The molecule has 3 nitrogen and oxygen atoms in total. The Bertz CT molecular complexity index is 275. The fourth-order valence-electron chi connectivity index (χ4n) is 1.83. The molecule has 0 saturated heterocycles. The molecule has 1 rings (SSSR count). The van der Waals surface area contributed by atoms with Gasteiger partial charge in [0.05, 0.1) is 6.10 Å². The van der Waals surface area contributed by atoms with Gasteiger partial charge < -0.3 is 10.8 Å². The van der Waals surface area contributed by atoms with Crippen LogP contribution in [0.5, 0.6) is 0 Å². The summed E-state index contributed by atoms with van der Waals surface area (Å²) >= 11 is 0. The first-order chi connectivity index (χ1) is 7.58. The van der Waals surface area contributed by atoms with Gasteiger partial charge in [0.1, 0.15) is 0 Å². The van der Waals surface area contributed by atoms with E-state index in [0.717, 1.165) is 13.1 Å². The van der Waals surface area contributed by atoms with E-state index >= 15 is 0 Å². The van der Waals surface area contributed by atoms with Crippen molar-refractivity contribution in [2.24, 2.45) is 5.73 Å². The van der Waals surface area contributed by atoms with Gasteiger partial charge in [-0.3, -0.25) is 4.90 Å². The molecule has 0 saturated carbocycles. The Morgan fingerprint density at radius 3 is 2.31 bits per heavy atom. The van der Waals surface area contributed by atoms with E-state index in [-0.39, 0.29) is 12.1 Å². The molecule has 0 unspecified atom stereocenters. The van der Waals surface area contributed by atoms with Crippen molar-refractivity contribution >= 4 is 0 Å². The normalized spacial score (nSPS) is 15.1. The Morgan fingerprint density at radius 2 is 1.81 bits per heavy atom. The van der Waals surface area contributed by atoms with Gasteiger partial charge in [0.25, 0.3) is 0 Å². The molecule has 0 aromatic heterocycles. The number of hydrogen-bond acceptors (Lipinski definition) is 3. The van der Waals surface area contributed by atoms with Gasteiger partial charge in [0.15, 0.2) is 0 Å². The van der Waals surface area contributed by atoms with Crippen LogP contribution in [0.4, 0.5) is 0 Å². The maximum atomic E-state index is 9.43. The number of benzene rings is 1. The highest BCUT2D eigenvalue weighted by atomic mass is 16.3. The molecule has 1 aromatic rings. The third-order valence-electron chi connectivity index (χ3n) is 2.32. The van der Waals surface area contributed by atoms with Crippen molar-refractivity contribution in [3.8, 4) is 0 Å². The average molecular weight is 222 g/mol. The third-order valence-corrected chi connectivity index (χ3v) is 2.32. The van der Waals surface area contributed by atoms with Gasteiger partial charge in [-0.25, -0.2) is 0 Å². The van der Waals surface area contributed by atoms with Crippen LogP contribution in [0.2, 0.25) is 0 Å². The van der Waals surface area contributed by atoms with Crippen LogP contribution in [0, 0.1) is 0 Å². The quantitative estimate of drug-likeness (QED) is 0.761.